The van der Waals surface area contributed by atoms with E-state index in [0.29, 0.717) is 39.1 Å². The van der Waals surface area contributed by atoms with Gasteiger partial charge in [0.15, 0.2) is 0 Å². The minimum absolute atomic E-state index is 0.0849. The average molecular weight is 347 g/mol. The standard InChI is InChI=1S/C17H21N3O3S/c1-2-23-16(21)12-7-9-20(10-8-12)17(22)18-11-15-19-13-5-3-4-6-14(13)24-15/h3-6,12H,2,7-11H2,1H3,(H,18,22). The summed E-state index contributed by atoms with van der Waals surface area (Å²) in [4.78, 5) is 30.2. The highest BCUT2D eigenvalue weighted by Gasteiger charge is 2.28. The number of carbonyl (C=O) groups is 2. The number of likely N-dealkylation sites (tertiary alicyclic amines) is 1. The van der Waals surface area contributed by atoms with E-state index in [9.17, 15) is 9.59 Å². The van der Waals surface area contributed by atoms with Gasteiger partial charge in [-0.15, -0.1) is 11.3 Å². The molecule has 1 aromatic carbocycles. The third-order valence-corrected chi connectivity index (χ3v) is 5.17. The molecular formula is C17H21N3O3S. The maximum atomic E-state index is 12.3. The van der Waals surface area contributed by atoms with Gasteiger partial charge < -0.3 is 15.0 Å². The van der Waals surface area contributed by atoms with E-state index in [1.807, 2.05) is 31.2 Å². The first-order chi connectivity index (χ1) is 11.7. The number of hydrogen-bond donors (Lipinski definition) is 1. The van der Waals surface area contributed by atoms with Crippen molar-refractivity contribution in [1.29, 1.82) is 0 Å². The summed E-state index contributed by atoms with van der Waals surface area (Å²) < 4.78 is 6.17. The van der Waals surface area contributed by atoms with E-state index in [2.05, 4.69) is 10.3 Å². The number of ether oxygens (including phenoxy) is 1. The molecule has 6 nitrogen and oxygen atoms in total. The van der Waals surface area contributed by atoms with Crippen LogP contribution in [0.3, 0.4) is 0 Å². The number of carbonyl (C=O) groups excluding carboxylic acids is 2. The van der Waals surface area contributed by atoms with Gasteiger partial charge in [0, 0.05) is 13.1 Å². The zero-order valence-electron chi connectivity index (χ0n) is 13.7. The van der Waals surface area contributed by atoms with Crippen molar-refractivity contribution in [3.05, 3.63) is 29.3 Å². The smallest absolute Gasteiger partial charge is 0.317 e. The van der Waals surface area contributed by atoms with Crippen LogP contribution in [0.4, 0.5) is 4.79 Å². The van der Waals surface area contributed by atoms with Gasteiger partial charge in [-0.3, -0.25) is 4.79 Å². The summed E-state index contributed by atoms with van der Waals surface area (Å²) in [5.41, 5.74) is 0.960. The Hall–Kier alpha value is -2.15. The molecule has 1 aliphatic heterocycles. The second-order valence-corrected chi connectivity index (χ2v) is 6.86. The minimum atomic E-state index is -0.146. The van der Waals surface area contributed by atoms with Gasteiger partial charge in [-0.05, 0) is 31.9 Å². The van der Waals surface area contributed by atoms with Crippen LogP contribution in [0.1, 0.15) is 24.8 Å². The molecule has 7 heteroatoms. The number of nitrogens with one attached hydrogen (secondary N) is 1. The first kappa shape index (κ1) is 16.7. The highest BCUT2D eigenvalue weighted by atomic mass is 32.1. The number of fused-ring (bicyclic) bond motifs is 1. The van der Waals surface area contributed by atoms with E-state index >= 15 is 0 Å². The van der Waals surface area contributed by atoms with E-state index in [0.717, 1.165) is 15.2 Å². The van der Waals surface area contributed by atoms with Crippen LogP contribution in [0.5, 0.6) is 0 Å². The number of hydrogen-bond acceptors (Lipinski definition) is 5. The van der Waals surface area contributed by atoms with Crippen molar-refractivity contribution in [3.63, 3.8) is 0 Å². The monoisotopic (exact) mass is 347 g/mol. The molecule has 1 saturated heterocycles. The molecule has 0 unspecified atom stereocenters. The minimum Gasteiger partial charge on any atom is -0.466 e. The molecule has 128 valence electrons. The average Bonchev–Trinajstić information content (AvgIpc) is 3.03. The van der Waals surface area contributed by atoms with E-state index in [1.54, 1.807) is 16.2 Å². The van der Waals surface area contributed by atoms with Gasteiger partial charge in [0.25, 0.3) is 0 Å². The van der Waals surface area contributed by atoms with Crippen LogP contribution in [0.25, 0.3) is 10.2 Å². The number of piperidine rings is 1. The van der Waals surface area contributed by atoms with E-state index in [1.165, 1.54) is 0 Å². The van der Waals surface area contributed by atoms with Crippen LogP contribution in [0.2, 0.25) is 0 Å². The first-order valence-corrected chi connectivity index (χ1v) is 9.03. The second-order valence-electron chi connectivity index (χ2n) is 5.75. The van der Waals surface area contributed by atoms with Crippen LogP contribution < -0.4 is 5.32 Å². The topological polar surface area (TPSA) is 71.5 Å². The number of rotatable bonds is 4. The third kappa shape index (κ3) is 3.84. The molecule has 0 spiro atoms. The summed E-state index contributed by atoms with van der Waals surface area (Å²) in [6.07, 6.45) is 1.32. The molecule has 1 aliphatic rings. The number of esters is 1. The fourth-order valence-corrected chi connectivity index (χ4v) is 3.74. The van der Waals surface area contributed by atoms with Crippen molar-refractivity contribution in [2.24, 2.45) is 5.92 Å². The lowest BCUT2D eigenvalue weighted by atomic mass is 9.97. The van der Waals surface area contributed by atoms with Crippen LogP contribution in [0.15, 0.2) is 24.3 Å². The predicted molar refractivity (Wildman–Crippen MR) is 92.8 cm³/mol. The van der Waals surface area contributed by atoms with Crippen molar-refractivity contribution < 1.29 is 14.3 Å². The largest absolute Gasteiger partial charge is 0.466 e. The lowest BCUT2D eigenvalue weighted by Crippen LogP contribution is -2.45. The van der Waals surface area contributed by atoms with Crippen LogP contribution in [-0.2, 0) is 16.1 Å². The molecule has 1 aromatic heterocycles. The predicted octanol–water partition coefficient (Wildman–Crippen LogP) is 2.78. The maximum Gasteiger partial charge on any atom is 0.317 e. The lowest BCUT2D eigenvalue weighted by Gasteiger charge is -2.30. The summed E-state index contributed by atoms with van der Waals surface area (Å²) in [5, 5.41) is 3.81. The Morgan fingerprint density at radius 1 is 1.33 bits per heavy atom. The zero-order valence-corrected chi connectivity index (χ0v) is 14.5. The number of para-hydroxylation sites is 1. The molecule has 24 heavy (non-hydrogen) atoms. The molecule has 2 aromatic rings. The number of thiazole rings is 1. The highest BCUT2D eigenvalue weighted by molar-refractivity contribution is 7.18. The van der Waals surface area contributed by atoms with Crippen molar-refractivity contribution in [2.45, 2.75) is 26.3 Å². The molecule has 1 N–H and O–H groups in total. The molecule has 2 heterocycles. The first-order valence-electron chi connectivity index (χ1n) is 8.21. The second kappa shape index (κ2) is 7.61. The fraction of sp³-hybridized carbons (Fsp3) is 0.471. The molecule has 0 aliphatic carbocycles. The maximum absolute atomic E-state index is 12.3. The Morgan fingerprint density at radius 3 is 2.79 bits per heavy atom. The fourth-order valence-electron chi connectivity index (χ4n) is 2.84. The number of urea groups is 1. The van der Waals surface area contributed by atoms with Crippen LogP contribution in [0, 0.1) is 5.92 Å². The lowest BCUT2D eigenvalue weighted by molar-refractivity contribution is -0.149. The quantitative estimate of drug-likeness (QED) is 0.863. The van der Waals surface area contributed by atoms with Gasteiger partial charge in [-0.1, -0.05) is 12.1 Å². The van der Waals surface area contributed by atoms with Crippen molar-refractivity contribution in [3.8, 4) is 0 Å². The Kier molecular flexibility index (Phi) is 5.30. The van der Waals surface area contributed by atoms with E-state index in [4.69, 9.17) is 4.74 Å². The summed E-state index contributed by atoms with van der Waals surface area (Å²) >= 11 is 1.59. The summed E-state index contributed by atoms with van der Waals surface area (Å²) in [6, 6.07) is 7.83. The number of benzene rings is 1. The van der Waals surface area contributed by atoms with E-state index < -0.39 is 0 Å². The molecule has 2 amide bonds. The summed E-state index contributed by atoms with van der Waals surface area (Å²) in [7, 11) is 0. The number of aromatic nitrogens is 1. The highest BCUT2D eigenvalue weighted by Crippen LogP contribution is 2.22. The molecule has 0 radical (unpaired) electrons. The number of amides is 2. The van der Waals surface area contributed by atoms with Crippen molar-refractivity contribution in [1.82, 2.24) is 15.2 Å². The van der Waals surface area contributed by atoms with Gasteiger partial charge in [0.2, 0.25) is 0 Å². The molecule has 0 bridgehead atoms. The van der Waals surface area contributed by atoms with E-state index in [-0.39, 0.29) is 17.9 Å². The summed E-state index contributed by atoms with van der Waals surface area (Å²) in [6.45, 7) is 3.80. The molecule has 0 atom stereocenters. The van der Waals surface area contributed by atoms with Crippen LogP contribution >= 0.6 is 11.3 Å². The van der Waals surface area contributed by atoms with Crippen molar-refractivity contribution >= 4 is 33.6 Å². The Balaban J connectivity index is 1.48. The molecule has 3 rings (SSSR count). The van der Waals surface area contributed by atoms with Gasteiger partial charge in [-0.2, -0.15) is 0 Å². The van der Waals surface area contributed by atoms with Gasteiger partial charge in [0.05, 0.1) is 29.3 Å². The Morgan fingerprint density at radius 2 is 2.08 bits per heavy atom. The normalized spacial score (nSPS) is 15.5. The third-order valence-electron chi connectivity index (χ3n) is 4.13. The van der Waals surface area contributed by atoms with Crippen LogP contribution in [-0.4, -0.2) is 41.6 Å². The zero-order chi connectivity index (χ0) is 16.9. The van der Waals surface area contributed by atoms with Gasteiger partial charge >= 0.3 is 12.0 Å². The molecular weight excluding hydrogens is 326 g/mol. The summed E-state index contributed by atoms with van der Waals surface area (Å²) in [5.74, 6) is -0.231. The van der Waals surface area contributed by atoms with Gasteiger partial charge in [0.1, 0.15) is 5.01 Å². The SMILES string of the molecule is CCOC(=O)C1CCN(C(=O)NCc2nc3ccccc3s2)CC1. The Labute approximate surface area is 144 Å². The Bertz CT molecular complexity index is 690. The molecule has 0 saturated carbocycles. The van der Waals surface area contributed by atoms with Gasteiger partial charge in [-0.25, -0.2) is 9.78 Å². The van der Waals surface area contributed by atoms with Crippen molar-refractivity contribution in [2.75, 3.05) is 19.7 Å². The number of nitrogens with zero attached hydrogens (tertiary/aromatic N) is 2. The molecule has 1 fully saturated rings.